The minimum atomic E-state index is -0.382. The van der Waals surface area contributed by atoms with Gasteiger partial charge in [-0.2, -0.15) is 0 Å². The van der Waals surface area contributed by atoms with Crippen LogP contribution in [0.5, 0.6) is 0 Å². The Bertz CT molecular complexity index is 1100. The van der Waals surface area contributed by atoms with Gasteiger partial charge in [-0.1, -0.05) is 29.8 Å². The van der Waals surface area contributed by atoms with Gasteiger partial charge in [0, 0.05) is 16.8 Å². The topological polar surface area (TPSA) is 74.3 Å². The fourth-order valence-electron chi connectivity index (χ4n) is 3.21. The molecule has 152 valence electrons. The lowest BCUT2D eigenvalue weighted by Crippen LogP contribution is -2.34. The highest BCUT2D eigenvalue weighted by molar-refractivity contribution is 8.00. The summed E-state index contributed by atoms with van der Waals surface area (Å²) in [6, 6.07) is 17.1. The van der Waals surface area contributed by atoms with Crippen molar-refractivity contribution in [2.24, 2.45) is 0 Å². The number of benzene rings is 2. The summed E-state index contributed by atoms with van der Waals surface area (Å²) in [5.74, 6) is 0.946. The number of hydrogen-bond donors (Lipinski definition) is 2. The van der Waals surface area contributed by atoms with Gasteiger partial charge in [0.15, 0.2) is 0 Å². The van der Waals surface area contributed by atoms with Crippen molar-refractivity contribution in [3.8, 4) is 0 Å². The van der Waals surface area contributed by atoms with Gasteiger partial charge in [-0.15, -0.1) is 11.8 Å². The second kappa shape index (κ2) is 8.59. The second-order valence-electron chi connectivity index (χ2n) is 7.23. The molecule has 0 saturated heterocycles. The number of aryl methyl sites for hydroxylation is 2. The molecule has 0 fully saturated rings. The number of carbonyl (C=O) groups is 2. The zero-order valence-corrected chi connectivity index (χ0v) is 17.6. The third-order valence-electron chi connectivity index (χ3n) is 4.78. The molecule has 2 N–H and O–H groups in total. The van der Waals surface area contributed by atoms with Crippen LogP contribution >= 0.6 is 11.8 Å². The molecule has 0 unspecified atom stereocenters. The first kappa shape index (κ1) is 20.0. The van der Waals surface area contributed by atoms with Crippen molar-refractivity contribution in [3.63, 3.8) is 0 Å². The molecule has 3 amide bonds. The van der Waals surface area contributed by atoms with Crippen molar-refractivity contribution in [1.82, 2.24) is 4.98 Å². The summed E-state index contributed by atoms with van der Waals surface area (Å²) >= 11 is 1.52. The SMILES string of the molecule is Cc1ccc(CN2C(=O)CSc3ccc(NC(=O)Nc4cc(C)ccn4)cc32)cc1. The number of hydrogen-bond acceptors (Lipinski definition) is 4. The van der Waals surface area contributed by atoms with Crippen LogP contribution in [0.15, 0.2) is 65.7 Å². The molecule has 2 heterocycles. The van der Waals surface area contributed by atoms with Crippen LogP contribution in [0.25, 0.3) is 0 Å². The van der Waals surface area contributed by atoms with Gasteiger partial charge in [-0.05, 0) is 55.3 Å². The Morgan fingerprint density at radius 1 is 1.03 bits per heavy atom. The van der Waals surface area contributed by atoms with E-state index in [1.807, 2.05) is 62.4 Å². The van der Waals surface area contributed by atoms with Crippen molar-refractivity contribution in [3.05, 3.63) is 77.5 Å². The molecule has 0 saturated carbocycles. The molecule has 3 aromatic rings. The van der Waals surface area contributed by atoms with Crippen molar-refractivity contribution >= 4 is 40.9 Å². The number of aromatic nitrogens is 1. The van der Waals surface area contributed by atoms with Crippen molar-refractivity contribution in [2.45, 2.75) is 25.3 Å². The van der Waals surface area contributed by atoms with Gasteiger partial charge in [-0.3, -0.25) is 10.1 Å². The summed E-state index contributed by atoms with van der Waals surface area (Å²) in [5, 5.41) is 5.56. The maximum absolute atomic E-state index is 12.6. The quantitative estimate of drug-likeness (QED) is 0.627. The monoisotopic (exact) mass is 418 g/mol. The highest BCUT2D eigenvalue weighted by atomic mass is 32.2. The van der Waals surface area contributed by atoms with Crippen LogP contribution in [0.1, 0.15) is 16.7 Å². The van der Waals surface area contributed by atoms with Crippen molar-refractivity contribution in [1.29, 1.82) is 0 Å². The zero-order chi connectivity index (χ0) is 21.1. The number of fused-ring (bicyclic) bond motifs is 1. The lowest BCUT2D eigenvalue weighted by molar-refractivity contribution is -0.116. The van der Waals surface area contributed by atoms with Gasteiger partial charge in [-0.25, -0.2) is 9.78 Å². The number of urea groups is 1. The second-order valence-corrected chi connectivity index (χ2v) is 8.25. The van der Waals surface area contributed by atoms with Crippen LogP contribution in [0.3, 0.4) is 0 Å². The lowest BCUT2D eigenvalue weighted by Gasteiger charge is -2.29. The molecule has 0 radical (unpaired) electrons. The molecule has 0 atom stereocenters. The number of rotatable bonds is 4. The van der Waals surface area contributed by atoms with E-state index in [0.29, 0.717) is 23.8 Å². The first-order valence-corrected chi connectivity index (χ1v) is 10.6. The normalized spacial score (nSPS) is 13.0. The zero-order valence-electron chi connectivity index (χ0n) is 16.8. The summed E-state index contributed by atoms with van der Waals surface area (Å²) in [5.41, 5.74) is 4.68. The summed E-state index contributed by atoms with van der Waals surface area (Å²) in [4.78, 5) is 32.0. The molecule has 7 heteroatoms. The van der Waals surface area contributed by atoms with E-state index < -0.39 is 0 Å². The molecular formula is C23H22N4O2S. The van der Waals surface area contributed by atoms with E-state index in [1.165, 1.54) is 17.3 Å². The van der Waals surface area contributed by atoms with Crippen molar-refractivity contribution < 1.29 is 9.59 Å². The highest BCUT2D eigenvalue weighted by Gasteiger charge is 2.25. The van der Waals surface area contributed by atoms with Crippen LogP contribution in [-0.2, 0) is 11.3 Å². The Hall–Kier alpha value is -3.32. The van der Waals surface area contributed by atoms with Gasteiger partial charge < -0.3 is 10.2 Å². The van der Waals surface area contributed by atoms with Crippen LogP contribution in [0.4, 0.5) is 22.0 Å². The van der Waals surface area contributed by atoms with Crippen molar-refractivity contribution in [2.75, 3.05) is 21.3 Å². The van der Waals surface area contributed by atoms with E-state index in [9.17, 15) is 9.59 Å². The van der Waals surface area contributed by atoms with Gasteiger partial charge >= 0.3 is 6.03 Å². The average Bonchev–Trinajstić information content (AvgIpc) is 2.71. The summed E-state index contributed by atoms with van der Waals surface area (Å²) in [7, 11) is 0. The molecule has 6 nitrogen and oxygen atoms in total. The minimum Gasteiger partial charge on any atom is -0.308 e. The summed E-state index contributed by atoms with van der Waals surface area (Å²) in [6.07, 6.45) is 1.65. The number of anilines is 3. The molecule has 1 aromatic heterocycles. The molecular weight excluding hydrogens is 396 g/mol. The number of nitrogens with zero attached hydrogens (tertiary/aromatic N) is 2. The Kier molecular flexibility index (Phi) is 5.72. The minimum absolute atomic E-state index is 0.0543. The summed E-state index contributed by atoms with van der Waals surface area (Å²) in [6.45, 7) is 4.47. The highest BCUT2D eigenvalue weighted by Crippen LogP contribution is 2.38. The molecule has 2 aromatic carbocycles. The Labute approximate surface area is 179 Å². The standard InChI is InChI=1S/C23H22N4O2S/c1-15-3-5-17(6-4-15)13-27-19-12-18(7-8-20(19)30-14-22(27)28)25-23(29)26-21-11-16(2)9-10-24-21/h3-12H,13-14H2,1-2H3,(H2,24,25,26,29). The number of nitrogens with one attached hydrogen (secondary N) is 2. The Morgan fingerprint density at radius 2 is 1.83 bits per heavy atom. The van der Waals surface area contributed by atoms with E-state index in [-0.39, 0.29) is 11.9 Å². The maximum atomic E-state index is 12.6. The number of thioether (sulfide) groups is 1. The van der Waals surface area contributed by atoms with E-state index in [4.69, 9.17) is 0 Å². The number of pyridine rings is 1. The van der Waals surface area contributed by atoms with Gasteiger partial charge in [0.2, 0.25) is 5.91 Å². The van der Waals surface area contributed by atoms with Crippen LogP contribution < -0.4 is 15.5 Å². The van der Waals surface area contributed by atoms with E-state index in [0.717, 1.165) is 21.7 Å². The van der Waals surface area contributed by atoms with E-state index >= 15 is 0 Å². The van der Waals surface area contributed by atoms with Gasteiger partial charge in [0.05, 0.1) is 18.0 Å². The average molecular weight is 419 g/mol. The van der Waals surface area contributed by atoms with Crippen LogP contribution in [0.2, 0.25) is 0 Å². The maximum Gasteiger partial charge on any atom is 0.324 e. The van der Waals surface area contributed by atoms with E-state index in [2.05, 4.69) is 15.6 Å². The van der Waals surface area contributed by atoms with Crippen LogP contribution in [-0.4, -0.2) is 22.7 Å². The lowest BCUT2D eigenvalue weighted by atomic mass is 10.1. The largest absolute Gasteiger partial charge is 0.324 e. The van der Waals surface area contributed by atoms with Gasteiger partial charge in [0.1, 0.15) is 5.82 Å². The molecule has 4 rings (SSSR count). The van der Waals surface area contributed by atoms with Gasteiger partial charge in [0.25, 0.3) is 0 Å². The predicted molar refractivity (Wildman–Crippen MR) is 121 cm³/mol. The third kappa shape index (κ3) is 4.63. The predicted octanol–water partition coefficient (Wildman–Crippen LogP) is 4.98. The fourth-order valence-corrected chi connectivity index (χ4v) is 4.13. The first-order chi connectivity index (χ1) is 14.5. The third-order valence-corrected chi connectivity index (χ3v) is 5.83. The van der Waals surface area contributed by atoms with E-state index in [1.54, 1.807) is 17.2 Å². The molecule has 0 spiro atoms. The Balaban J connectivity index is 1.53. The fraction of sp³-hybridized carbons (Fsp3) is 0.174. The first-order valence-electron chi connectivity index (χ1n) is 9.61. The summed E-state index contributed by atoms with van der Waals surface area (Å²) < 4.78 is 0. The molecule has 1 aliphatic heterocycles. The smallest absolute Gasteiger partial charge is 0.308 e. The molecule has 0 aliphatic carbocycles. The molecule has 1 aliphatic rings. The molecule has 30 heavy (non-hydrogen) atoms. The number of carbonyl (C=O) groups excluding carboxylic acids is 2. The van der Waals surface area contributed by atoms with Crippen LogP contribution in [0, 0.1) is 13.8 Å². The number of amides is 3. The Morgan fingerprint density at radius 3 is 2.60 bits per heavy atom. The molecule has 0 bridgehead atoms.